The molecule has 110 valence electrons. The SMILES string of the molecule is Cc1[nH]nc2c1CN([C@H](C)C(=O)Nc1ccccn1)CC2. The molecule has 2 N–H and O–H groups in total. The minimum absolute atomic E-state index is 0.0294. The molecule has 0 spiro atoms. The first-order chi connectivity index (χ1) is 10.1. The van der Waals surface area contributed by atoms with Gasteiger partial charge in [0.05, 0.1) is 11.7 Å². The van der Waals surface area contributed by atoms with Crippen molar-refractivity contribution >= 4 is 11.7 Å². The smallest absolute Gasteiger partial charge is 0.242 e. The zero-order valence-electron chi connectivity index (χ0n) is 12.3. The highest BCUT2D eigenvalue weighted by atomic mass is 16.2. The van der Waals surface area contributed by atoms with Crippen molar-refractivity contribution in [3.05, 3.63) is 41.3 Å². The van der Waals surface area contributed by atoms with E-state index >= 15 is 0 Å². The average molecular weight is 285 g/mol. The quantitative estimate of drug-likeness (QED) is 0.896. The summed E-state index contributed by atoms with van der Waals surface area (Å²) in [5.41, 5.74) is 3.44. The van der Waals surface area contributed by atoms with Crippen LogP contribution in [0.25, 0.3) is 0 Å². The van der Waals surface area contributed by atoms with E-state index in [2.05, 4.69) is 25.4 Å². The van der Waals surface area contributed by atoms with Gasteiger partial charge in [-0.2, -0.15) is 5.10 Å². The Bertz CT molecular complexity index is 637. The molecule has 3 rings (SSSR count). The highest BCUT2D eigenvalue weighted by molar-refractivity contribution is 5.93. The number of aromatic amines is 1. The number of aromatic nitrogens is 3. The lowest BCUT2D eigenvalue weighted by atomic mass is 10.0. The van der Waals surface area contributed by atoms with E-state index in [1.54, 1.807) is 12.3 Å². The Balaban J connectivity index is 1.67. The Morgan fingerprint density at radius 1 is 1.48 bits per heavy atom. The van der Waals surface area contributed by atoms with Crippen molar-refractivity contribution in [1.29, 1.82) is 0 Å². The number of aryl methyl sites for hydroxylation is 1. The van der Waals surface area contributed by atoms with E-state index in [1.165, 1.54) is 5.56 Å². The van der Waals surface area contributed by atoms with E-state index in [1.807, 2.05) is 26.0 Å². The largest absolute Gasteiger partial charge is 0.309 e. The maximum Gasteiger partial charge on any atom is 0.242 e. The van der Waals surface area contributed by atoms with Crippen LogP contribution in [0.4, 0.5) is 5.82 Å². The molecule has 1 amide bonds. The van der Waals surface area contributed by atoms with Gasteiger partial charge in [-0.05, 0) is 26.0 Å². The lowest BCUT2D eigenvalue weighted by Gasteiger charge is -2.31. The second-order valence-electron chi connectivity index (χ2n) is 5.37. The molecule has 1 aliphatic rings. The second kappa shape index (κ2) is 5.65. The summed E-state index contributed by atoms with van der Waals surface area (Å²) < 4.78 is 0. The maximum absolute atomic E-state index is 12.3. The molecule has 0 radical (unpaired) electrons. The summed E-state index contributed by atoms with van der Waals surface area (Å²) in [7, 11) is 0. The van der Waals surface area contributed by atoms with Gasteiger partial charge in [-0.3, -0.25) is 14.8 Å². The van der Waals surface area contributed by atoms with Gasteiger partial charge in [-0.15, -0.1) is 0 Å². The average Bonchev–Trinajstić information content (AvgIpc) is 2.88. The topological polar surface area (TPSA) is 73.9 Å². The molecule has 0 unspecified atom stereocenters. The summed E-state index contributed by atoms with van der Waals surface area (Å²) in [6.07, 6.45) is 2.54. The predicted octanol–water partition coefficient (Wildman–Crippen LogP) is 1.50. The number of carbonyl (C=O) groups is 1. The van der Waals surface area contributed by atoms with Crippen molar-refractivity contribution in [1.82, 2.24) is 20.1 Å². The molecule has 1 aliphatic heterocycles. The van der Waals surface area contributed by atoms with Crippen LogP contribution in [-0.4, -0.2) is 38.6 Å². The van der Waals surface area contributed by atoms with Gasteiger partial charge in [-0.25, -0.2) is 4.98 Å². The Labute approximate surface area is 123 Å². The third-order valence-electron chi connectivity index (χ3n) is 4.00. The number of nitrogens with zero attached hydrogens (tertiary/aromatic N) is 3. The number of pyridine rings is 1. The fraction of sp³-hybridized carbons (Fsp3) is 0.400. The first-order valence-electron chi connectivity index (χ1n) is 7.14. The number of anilines is 1. The number of amides is 1. The Kier molecular flexibility index (Phi) is 3.70. The minimum Gasteiger partial charge on any atom is -0.309 e. The van der Waals surface area contributed by atoms with Crippen LogP contribution in [0.2, 0.25) is 0 Å². The van der Waals surface area contributed by atoms with Crippen molar-refractivity contribution in [3.63, 3.8) is 0 Å². The number of fused-ring (bicyclic) bond motifs is 1. The van der Waals surface area contributed by atoms with Crippen LogP contribution in [0.15, 0.2) is 24.4 Å². The van der Waals surface area contributed by atoms with Crippen LogP contribution in [0.5, 0.6) is 0 Å². The molecule has 0 saturated heterocycles. The highest BCUT2D eigenvalue weighted by Gasteiger charge is 2.27. The van der Waals surface area contributed by atoms with Crippen molar-refractivity contribution in [2.45, 2.75) is 32.9 Å². The van der Waals surface area contributed by atoms with E-state index in [-0.39, 0.29) is 11.9 Å². The third-order valence-corrected chi connectivity index (χ3v) is 4.00. The van der Waals surface area contributed by atoms with E-state index < -0.39 is 0 Å². The summed E-state index contributed by atoms with van der Waals surface area (Å²) in [5.74, 6) is 0.560. The van der Waals surface area contributed by atoms with Crippen LogP contribution < -0.4 is 5.32 Å². The van der Waals surface area contributed by atoms with Gasteiger partial charge in [-0.1, -0.05) is 6.07 Å². The number of hydrogen-bond acceptors (Lipinski definition) is 4. The Morgan fingerprint density at radius 3 is 3.10 bits per heavy atom. The van der Waals surface area contributed by atoms with Gasteiger partial charge in [0, 0.05) is 37.0 Å². The minimum atomic E-state index is -0.200. The molecular formula is C15H19N5O. The zero-order chi connectivity index (χ0) is 14.8. The lowest BCUT2D eigenvalue weighted by molar-refractivity contribution is -0.121. The van der Waals surface area contributed by atoms with Crippen LogP contribution >= 0.6 is 0 Å². The van der Waals surface area contributed by atoms with Gasteiger partial charge in [0.2, 0.25) is 5.91 Å². The summed E-state index contributed by atoms with van der Waals surface area (Å²) in [4.78, 5) is 18.6. The Morgan fingerprint density at radius 2 is 2.33 bits per heavy atom. The van der Waals surface area contributed by atoms with Gasteiger partial charge < -0.3 is 5.32 Å². The fourth-order valence-electron chi connectivity index (χ4n) is 2.61. The molecule has 1 atom stereocenters. The van der Waals surface area contributed by atoms with Gasteiger partial charge >= 0.3 is 0 Å². The summed E-state index contributed by atoms with van der Waals surface area (Å²) >= 11 is 0. The molecule has 0 saturated carbocycles. The van der Waals surface area contributed by atoms with Crippen molar-refractivity contribution in [2.75, 3.05) is 11.9 Å². The standard InChI is InChI=1S/C15H19N5O/c1-10-12-9-20(8-6-13(12)19-18-10)11(2)15(21)17-14-5-3-4-7-16-14/h3-5,7,11H,6,8-9H2,1-2H3,(H,18,19)(H,16,17,21)/t11-/m1/s1. The number of carbonyl (C=O) groups excluding carboxylic acids is 1. The van der Waals surface area contributed by atoms with Crippen LogP contribution in [0.1, 0.15) is 23.9 Å². The van der Waals surface area contributed by atoms with Gasteiger partial charge in [0.15, 0.2) is 0 Å². The first-order valence-corrected chi connectivity index (χ1v) is 7.14. The molecule has 3 heterocycles. The van der Waals surface area contributed by atoms with E-state index in [0.29, 0.717) is 5.82 Å². The van der Waals surface area contributed by atoms with Crippen molar-refractivity contribution < 1.29 is 4.79 Å². The van der Waals surface area contributed by atoms with Crippen LogP contribution in [0, 0.1) is 6.92 Å². The number of rotatable bonds is 3. The molecule has 0 bridgehead atoms. The maximum atomic E-state index is 12.3. The molecule has 21 heavy (non-hydrogen) atoms. The first kappa shape index (κ1) is 13.8. The number of hydrogen-bond donors (Lipinski definition) is 2. The second-order valence-corrected chi connectivity index (χ2v) is 5.37. The molecule has 0 fully saturated rings. The summed E-state index contributed by atoms with van der Waals surface area (Å²) in [5, 5.41) is 10.2. The van der Waals surface area contributed by atoms with Crippen molar-refractivity contribution in [3.8, 4) is 0 Å². The van der Waals surface area contributed by atoms with Crippen molar-refractivity contribution in [2.24, 2.45) is 0 Å². The normalized spacial score (nSPS) is 16.3. The van der Waals surface area contributed by atoms with Gasteiger partial charge in [0.1, 0.15) is 5.82 Å². The Hall–Kier alpha value is -2.21. The summed E-state index contributed by atoms with van der Waals surface area (Å²) in [6.45, 7) is 5.55. The molecule has 6 heteroatoms. The fourth-order valence-corrected chi connectivity index (χ4v) is 2.61. The lowest BCUT2D eigenvalue weighted by Crippen LogP contribution is -2.44. The molecule has 6 nitrogen and oxygen atoms in total. The van der Waals surface area contributed by atoms with E-state index in [9.17, 15) is 4.79 Å². The van der Waals surface area contributed by atoms with Crippen LogP contribution in [-0.2, 0) is 17.8 Å². The molecule has 0 aromatic carbocycles. The number of H-pyrrole nitrogens is 1. The molecule has 0 aliphatic carbocycles. The van der Waals surface area contributed by atoms with Gasteiger partial charge in [0.25, 0.3) is 0 Å². The van der Waals surface area contributed by atoms with Crippen LogP contribution in [0.3, 0.4) is 0 Å². The predicted molar refractivity (Wildman–Crippen MR) is 79.8 cm³/mol. The van der Waals surface area contributed by atoms with E-state index in [4.69, 9.17) is 0 Å². The zero-order valence-corrected chi connectivity index (χ0v) is 12.3. The van der Waals surface area contributed by atoms with E-state index in [0.717, 1.165) is 30.9 Å². The summed E-state index contributed by atoms with van der Waals surface area (Å²) in [6, 6.07) is 5.27. The number of nitrogens with one attached hydrogen (secondary N) is 2. The molecule has 2 aromatic heterocycles. The monoisotopic (exact) mass is 285 g/mol. The third kappa shape index (κ3) is 2.80. The molecule has 2 aromatic rings. The molecular weight excluding hydrogens is 266 g/mol. The highest BCUT2D eigenvalue weighted by Crippen LogP contribution is 2.21.